The van der Waals surface area contributed by atoms with Crippen molar-refractivity contribution >= 4 is 40.5 Å². The maximum absolute atomic E-state index is 11.3. The van der Waals surface area contributed by atoms with E-state index in [2.05, 4.69) is 26.2 Å². The van der Waals surface area contributed by atoms with Gasteiger partial charge in [0.2, 0.25) is 0 Å². The average molecular weight is 539 g/mol. The van der Waals surface area contributed by atoms with Crippen molar-refractivity contribution in [2.45, 2.75) is 76.8 Å². The first-order valence-electron chi connectivity index (χ1n) is 11.9. The van der Waals surface area contributed by atoms with E-state index in [1.807, 2.05) is 0 Å². The van der Waals surface area contributed by atoms with Crippen molar-refractivity contribution in [3.8, 4) is 0 Å². The molecule has 0 aliphatic carbocycles. The standard InChI is InChI=1S/C22H42O11Si2/c1-34(2,17-5-11-29-13-15-31-21(27)9-7-19(23)24)33-35(3,4)18-6-12-30-14-16-32-22(28)10-8-20(25)26/h5-18H2,1-4H3,(H,23,24)(H,25,26). The maximum Gasteiger partial charge on any atom is 0.306 e. The second-order valence-corrected chi connectivity index (χ2v) is 18.1. The van der Waals surface area contributed by atoms with Gasteiger partial charge in [-0.05, 0) is 51.1 Å². The maximum atomic E-state index is 11.3. The Morgan fingerprint density at radius 2 is 0.943 bits per heavy atom. The molecule has 11 nitrogen and oxygen atoms in total. The molecule has 0 unspecified atom stereocenters. The lowest BCUT2D eigenvalue weighted by atomic mass is 10.3. The largest absolute Gasteiger partial charge is 0.481 e. The molecule has 2 N–H and O–H groups in total. The molecule has 0 fully saturated rings. The van der Waals surface area contributed by atoms with Crippen LogP contribution in [0.1, 0.15) is 38.5 Å². The molecule has 0 heterocycles. The Hall–Kier alpha value is -1.81. The van der Waals surface area contributed by atoms with Crippen LogP contribution in [0.15, 0.2) is 0 Å². The fourth-order valence-corrected chi connectivity index (χ4v) is 12.0. The van der Waals surface area contributed by atoms with Crippen LogP contribution in [0.3, 0.4) is 0 Å². The number of hydrogen-bond acceptors (Lipinski definition) is 9. The van der Waals surface area contributed by atoms with Crippen molar-refractivity contribution < 1.29 is 52.5 Å². The minimum absolute atomic E-state index is 0.116. The van der Waals surface area contributed by atoms with E-state index in [0.717, 1.165) is 24.9 Å². The van der Waals surface area contributed by atoms with Crippen molar-refractivity contribution in [2.24, 2.45) is 0 Å². The minimum atomic E-state index is -1.86. The summed E-state index contributed by atoms with van der Waals surface area (Å²) in [5, 5.41) is 17.0. The molecule has 13 heteroatoms. The van der Waals surface area contributed by atoms with Gasteiger partial charge in [0.15, 0.2) is 16.6 Å². The van der Waals surface area contributed by atoms with E-state index < -0.39 is 40.5 Å². The van der Waals surface area contributed by atoms with Gasteiger partial charge < -0.3 is 33.3 Å². The Balaban J connectivity index is 3.83. The molecule has 0 saturated carbocycles. The topological polar surface area (TPSA) is 155 Å². The van der Waals surface area contributed by atoms with E-state index in [0.29, 0.717) is 13.2 Å². The van der Waals surface area contributed by atoms with E-state index in [-0.39, 0.29) is 52.1 Å². The summed E-state index contributed by atoms with van der Waals surface area (Å²) < 4.78 is 27.4. The third-order valence-electron chi connectivity index (χ3n) is 4.76. The number of carboxylic acid groups (broad SMARTS) is 2. The van der Waals surface area contributed by atoms with Crippen LogP contribution in [-0.2, 0) is 42.2 Å². The van der Waals surface area contributed by atoms with Crippen molar-refractivity contribution in [3.63, 3.8) is 0 Å². The highest BCUT2D eigenvalue weighted by Crippen LogP contribution is 2.23. The van der Waals surface area contributed by atoms with E-state index in [1.165, 1.54) is 0 Å². The molecule has 0 aromatic rings. The smallest absolute Gasteiger partial charge is 0.306 e. The molecule has 0 spiro atoms. The van der Waals surface area contributed by atoms with Gasteiger partial charge in [-0.3, -0.25) is 19.2 Å². The van der Waals surface area contributed by atoms with Gasteiger partial charge in [0.25, 0.3) is 0 Å². The lowest BCUT2D eigenvalue weighted by Crippen LogP contribution is -2.44. The lowest BCUT2D eigenvalue weighted by molar-refractivity contribution is -0.148. The summed E-state index contributed by atoms with van der Waals surface area (Å²) in [6.45, 7) is 10.7. The zero-order chi connectivity index (χ0) is 26.7. The average Bonchev–Trinajstić information content (AvgIpc) is 2.74. The van der Waals surface area contributed by atoms with Gasteiger partial charge in [0.1, 0.15) is 13.2 Å². The zero-order valence-corrected chi connectivity index (χ0v) is 23.5. The minimum Gasteiger partial charge on any atom is -0.481 e. The molecule has 0 radical (unpaired) electrons. The predicted molar refractivity (Wildman–Crippen MR) is 132 cm³/mol. The molecule has 0 atom stereocenters. The number of hydrogen-bond donors (Lipinski definition) is 2. The first kappa shape index (κ1) is 33.2. The fraction of sp³-hybridized carbons (Fsp3) is 0.818. The molecule has 0 aliphatic rings. The number of esters is 2. The van der Waals surface area contributed by atoms with Gasteiger partial charge >= 0.3 is 23.9 Å². The summed E-state index contributed by atoms with van der Waals surface area (Å²) >= 11 is 0. The van der Waals surface area contributed by atoms with E-state index in [1.54, 1.807) is 0 Å². The first-order chi connectivity index (χ1) is 16.3. The molecular formula is C22H42O11Si2. The number of carbonyl (C=O) groups excluding carboxylic acids is 2. The summed E-state index contributed by atoms with van der Waals surface area (Å²) in [7, 11) is -3.71. The van der Waals surface area contributed by atoms with Crippen LogP contribution in [0.4, 0.5) is 0 Å². The third-order valence-corrected chi connectivity index (χ3v) is 12.3. The fourth-order valence-electron chi connectivity index (χ4n) is 3.25. The monoisotopic (exact) mass is 538 g/mol. The predicted octanol–water partition coefficient (Wildman–Crippen LogP) is 3.04. The van der Waals surface area contributed by atoms with Crippen molar-refractivity contribution in [3.05, 3.63) is 0 Å². The van der Waals surface area contributed by atoms with Crippen molar-refractivity contribution in [1.82, 2.24) is 0 Å². The Labute approximate surface area is 209 Å². The van der Waals surface area contributed by atoms with E-state index in [9.17, 15) is 19.2 Å². The highest BCUT2D eigenvalue weighted by molar-refractivity contribution is 6.84. The van der Waals surface area contributed by atoms with Gasteiger partial charge in [-0.15, -0.1) is 0 Å². The van der Waals surface area contributed by atoms with Crippen molar-refractivity contribution in [2.75, 3.05) is 39.6 Å². The van der Waals surface area contributed by atoms with Crippen LogP contribution >= 0.6 is 0 Å². The number of carboxylic acids is 2. The number of rotatable bonds is 22. The van der Waals surface area contributed by atoms with Crippen LogP contribution in [-0.4, -0.2) is 90.4 Å². The van der Waals surface area contributed by atoms with Gasteiger partial charge in [-0.25, -0.2) is 0 Å². The van der Waals surface area contributed by atoms with E-state index >= 15 is 0 Å². The Morgan fingerprint density at radius 3 is 1.29 bits per heavy atom. The van der Waals surface area contributed by atoms with Gasteiger partial charge in [0, 0.05) is 13.2 Å². The first-order valence-corrected chi connectivity index (χ1v) is 18.2. The highest BCUT2D eigenvalue weighted by atomic mass is 28.4. The summed E-state index contributed by atoms with van der Waals surface area (Å²) in [4.78, 5) is 43.4. The van der Waals surface area contributed by atoms with Crippen LogP contribution in [0.2, 0.25) is 38.3 Å². The number of ether oxygens (including phenoxy) is 4. The SMILES string of the molecule is C[Si](C)(CCCOCCOC(=O)CCC(=O)O)O[Si](C)(C)CCCOCCOC(=O)CCC(=O)O. The molecule has 0 amide bonds. The number of carbonyl (C=O) groups is 4. The van der Waals surface area contributed by atoms with Gasteiger partial charge in [-0.2, -0.15) is 0 Å². The molecule has 35 heavy (non-hydrogen) atoms. The molecule has 0 aromatic heterocycles. The van der Waals surface area contributed by atoms with Crippen molar-refractivity contribution in [1.29, 1.82) is 0 Å². The molecular weight excluding hydrogens is 496 g/mol. The molecule has 0 aromatic carbocycles. The molecule has 204 valence electrons. The molecule has 0 bridgehead atoms. The highest BCUT2D eigenvalue weighted by Gasteiger charge is 2.32. The van der Waals surface area contributed by atoms with Crippen LogP contribution < -0.4 is 0 Å². The second kappa shape index (κ2) is 18.5. The second-order valence-electron chi connectivity index (χ2n) is 9.28. The Bertz CT molecular complexity index is 599. The molecule has 0 aliphatic heterocycles. The van der Waals surface area contributed by atoms with Crippen LogP contribution in [0, 0.1) is 0 Å². The van der Waals surface area contributed by atoms with Crippen LogP contribution in [0.5, 0.6) is 0 Å². The normalized spacial score (nSPS) is 11.8. The third kappa shape index (κ3) is 22.4. The Kier molecular flexibility index (Phi) is 17.5. The summed E-state index contributed by atoms with van der Waals surface area (Å²) in [6, 6.07) is 1.90. The van der Waals surface area contributed by atoms with Gasteiger partial charge in [-0.1, -0.05) is 0 Å². The summed E-state index contributed by atoms with van der Waals surface area (Å²) in [5.41, 5.74) is 0. The zero-order valence-electron chi connectivity index (χ0n) is 21.5. The number of aliphatic carboxylic acids is 2. The quantitative estimate of drug-likeness (QED) is 0.119. The Morgan fingerprint density at radius 1 is 0.571 bits per heavy atom. The molecule has 0 saturated heterocycles. The van der Waals surface area contributed by atoms with Crippen LogP contribution in [0.25, 0.3) is 0 Å². The summed E-state index contributed by atoms with van der Waals surface area (Å²) in [5.74, 6) is -3.13. The van der Waals surface area contributed by atoms with Gasteiger partial charge in [0.05, 0.1) is 38.9 Å². The lowest BCUT2D eigenvalue weighted by Gasteiger charge is -2.34. The van der Waals surface area contributed by atoms with E-state index in [4.69, 9.17) is 33.3 Å². The summed E-state index contributed by atoms with van der Waals surface area (Å²) in [6.07, 6.45) is 0.964. The molecule has 0 rings (SSSR count).